The number of hydrogen-bond acceptors (Lipinski definition) is 5. The van der Waals surface area contributed by atoms with Crippen molar-refractivity contribution in [1.82, 2.24) is 4.90 Å². The Morgan fingerprint density at radius 1 is 1.23 bits per heavy atom. The van der Waals surface area contributed by atoms with Gasteiger partial charge in [0.15, 0.2) is 0 Å². The maximum absolute atomic E-state index is 9.56. The van der Waals surface area contributed by atoms with E-state index in [0.29, 0.717) is 19.0 Å². The van der Waals surface area contributed by atoms with Gasteiger partial charge in [-0.25, -0.2) is 0 Å². The van der Waals surface area contributed by atoms with Crippen LogP contribution in [0.25, 0.3) is 5.57 Å². The molecule has 5 nitrogen and oxygen atoms in total. The highest BCUT2D eigenvalue weighted by Crippen LogP contribution is 2.24. The van der Waals surface area contributed by atoms with Crippen molar-refractivity contribution in [3.05, 3.63) is 88.3 Å². The van der Waals surface area contributed by atoms with Crippen LogP contribution in [0.4, 0.5) is 0 Å². The number of nitriles is 1. The number of benzene rings is 2. The summed E-state index contributed by atoms with van der Waals surface area (Å²) in [4.78, 5) is 10.8. The van der Waals surface area contributed by atoms with Gasteiger partial charge in [0.05, 0.1) is 30.5 Å². The van der Waals surface area contributed by atoms with E-state index in [1.165, 1.54) is 11.1 Å². The van der Waals surface area contributed by atoms with Gasteiger partial charge in [-0.15, -0.1) is 0 Å². The SMILES string of the molecule is C=N/C=C(\C=NCc1ccc(CC(C)C)c(C#N)c1)c1cccc(CCN(C)CC(=C)O)c1CC. The first-order valence-corrected chi connectivity index (χ1v) is 12.1. The van der Waals surface area contributed by atoms with Crippen LogP contribution < -0.4 is 0 Å². The molecule has 0 saturated heterocycles. The molecule has 0 aliphatic rings. The molecule has 0 heterocycles. The fraction of sp³-hybridized carbons (Fsp3) is 0.367. The fourth-order valence-corrected chi connectivity index (χ4v) is 4.22. The molecule has 1 N–H and O–H groups in total. The van der Waals surface area contributed by atoms with Gasteiger partial charge in [0.2, 0.25) is 0 Å². The third-order valence-electron chi connectivity index (χ3n) is 5.81. The Morgan fingerprint density at radius 2 is 2.00 bits per heavy atom. The highest BCUT2D eigenvalue weighted by Gasteiger charge is 2.11. The second-order valence-electron chi connectivity index (χ2n) is 9.29. The molecule has 35 heavy (non-hydrogen) atoms. The van der Waals surface area contributed by atoms with Crippen LogP contribution in [0.1, 0.15) is 54.2 Å². The molecule has 0 atom stereocenters. The lowest BCUT2D eigenvalue weighted by Crippen LogP contribution is -2.23. The van der Waals surface area contributed by atoms with Crippen molar-refractivity contribution >= 4 is 18.5 Å². The molecule has 2 aromatic carbocycles. The van der Waals surface area contributed by atoms with E-state index >= 15 is 0 Å². The number of aliphatic hydroxyl groups is 1. The molecule has 0 aliphatic heterocycles. The summed E-state index contributed by atoms with van der Waals surface area (Å²) >= 11 is 0. The molecule has 0 saturated carbocycles. The molecule has 0 amide bonds. The van der Waals surface area contributed by atoms with E-state index in [-0.39, 0.29) is 5.76 Å². The molecule has 2 rings (SSSR count). The van der Waals surface area contributed by atoms with E-state index in [1.807, 2.05) is 25.4 Å². The van der Waals surface area contributed by atoms with Crippen molar-refractivity contribution in [2.24, 2.45) is 15.9 Å². The Balaban J connectivity index is 2.24. The van der Waals surface area contributed by atoms with E-state index in [9.17, 15) is 10.4 Å². The summed E-state index contributed by atoms with van der Waals surface area (Å²) in [5, 5.41) is 19.0. The van der Waals surface area contributed by atoms with Crippen molar-refractivity contribution < 1.29 is 5.11 Å². The van der Waals surface area contributed by atoms with E-state index in [1.54, 1.807) is 6.20 Å². The highest BCUT2D eigenvalue weighted by atomic mass is 16.3. The van der Waals surface area contributed by atoms with Crippen LogP contribution in [-0.4, -0.2) is 43.1 Å². The maximum atomic E-state index is 9.56. The smallest absolute Gasteiger partial charge is 0.0994 e. The largest absolute Gasteiger partial charge is 0.512 e. The molecule has 0 spiro atoms. The fourth-order valence-electron chi connectivity index (χ4n) is 4.22. The molecule has 5 heteroatoms. The Bertz CT molecular complexity index is 1120. The topological polar surface area (TPSA) is 72.0 Å². The summed E-state index contributed by atoms with van der Waals surface area (Å²) in [6.07, 6.45) is 6.24. The average Bonchev–Trinajstić information content (AvgIpc) is 2.82. The first-order valence-electron chi connectivity index (χ1n) is 12.1. The number of likely N-dealkylation sites (N-methyl/N-ethyl adjacent to an activating group) is 1. The third-order valence-corrected chi connectivity index (χ3v) is 5.81. The lowest BCUT2D eigenvalue weighted by atomic mass is 9.92. The molecule has 184 valence electrons. The third kappa shape index (κ3) is 8.66. The molecule has 0 aliphatic carbocycles. The van der Waals surface area contributed by atoms with Crippen molar-refractivity contribution in [3.63, 3.8) is 0 Å². The minimum absolute atomic E-state index is 0.173. The van der Waals surface area contributed by atoms with Crippen LogP contribution in [0.5, 0.6) is 0 Å². The Labute approximate surface area is 210 Å². The van der Waals surface area contributed by atoms with Gasteiger partial charge in [-0.05, 0) is 72.8 Å². The first kappa shape index (κ1) is 27.8. The zero-order chi connectivity index (χ0) is 25.8. The van der Waals surface area contributed by atoms with Crippen LogP contribution in [0, 0.1) is 17.2 Å². The molecular formula is C30H38N4O. The zero-order valence-electron chi connectivity index (χ0n) is 21.6. The van der Waals surface area contributed by atoms with Gasteiger partial charge in [0.1, 0.15) is 0 Å². The summed E-state index contributed by atoms with van der Waals surface area (Å²) in [5.74, 6) is 0.676. The Morgan fingerprint density at radius 3 is 2.63 bits per heavy atom. The number of aliphatic imine (C=N–C) groups is 2. The number of aliphatic hydroxyl groups excluding tert-OH is 1. The summed E-state index contributed by atoms with van der Waals surface area (Å²) < 4.78 is 0. The zero-order valence-corrected chi connectivity index (χ0v) is 21.6. The van der Waals surface area contributed by atoms with Crippen LogP contribution in [0.3, 0.4) is 0 Å². The molecule has 2 aromatic rings. The Hall–Kier alpha value is -3.49. The van der Waals surface area contributed by atoms with Gasteiger partial charge in [0, 0.05) is 24.5 Å². The minimum Gasteiger partial charge on any atom is -0.512 e. The van der Waals surface area contributed by atoms with Crippen LogP contribution in [-0.2, 0) is 25.8 Å². The lowest BCUT2D eigenvalue weighted by molar-refractivity contribution is 0.293. The van der Waals surface area contributed by atoms with Gasteiger partial charge in [0.25, 0.3) is 0 Å². The van der Waals surface area contributed by atoms with Gasteiger partial charge < -0.3 is 5.11 Å². The lowest BCUT2D eigenvalue weighted by Gasteiger charge is -2.18. The molecule has 0 aromatic heterocycles. The van der Waals surface area contributed by atoms with Gasteiger partial charge in [-0.3, -0.25) is 14.9 Å². The molecule has 0 fully saturated rings. The van der Waals surface area contributed by atoms with Gasteiger partial charge >= 0.3 is 0 Å². The number of nitrogens with zero attached hydrogens (tertiary/aromatic N) is 4. The standard InChI is InChI=1S/C30H38N4O/c1-7-29-25(13-14-34(6)21-23(4)35)9-8-10-30(29)28(19-32-5)20-33-18-24-11-12-26(15-22(2)3)27(16-24)17-31/h8-12,16,19-20,22,35H,4-5,7,13-15,18,21H2,1-3,6H3/b28-19+,33-20?. The number of rotatable bonds is 13. The molecule has 0 radical (unpaired) electrons. The predicted octanol–water partition coefficient (Wildman–Crippen LogP) is 6.18. The van der Waals surface area contributed by atoms with E-state index < -0.39 is 0 Å². The second kappa shape index (κ2) is 14.0. The van der Waals surface area contributed by atoms with E-state index in [2.05, 4.69) is 79.3 Å². The summed E-state index contributed by atoms with van der Waals surface area (Å²) in [6, 6.07) is 14.7. The molecule has 0 bridgehead atoms. The number of hydrogen-bond donors (Lipinski definition) is 1. The van der Waals surface area contributed by atoms with Gasteiger partial charge in [-0.2, -0.15) is 5.26 Å². The molecule has 0 unspecified atom stereocenters. The minimum atomic E-state index is 0.173. The van der Waals surface area contributed by atoms with Crippen molar-refractivity contribution in [2.75, 3.05) is 20.1 Å². The number of allylic oxidation sites excluding steroid dienone is 1. The monoisotopic (exact) mass is 470 g/mol. The van der Waals surface area contributed by atoms with Crippen LogP contribution >= 0.6 is 0 Å². The first-order chi connectivity index (χ1) is 16.8. The average molecular weight is 471 g/mol. The summed E-state index contributed by atoms with van der Waals surface area (Å²) in [6.45, 7) is 15.5. The highest BCUT2D eigenvalue weighted by molar-refractivity contribution is 6.10. The van der Waals surface area contributed by atoms with Gasteiger partial charge in [-0.1, -0.05) is 57.7 Å². The predicted molar refractivity (Wildman–Crippen MR) is 148 cm³/mol. The summed E-state index contributed by atoms with van der Waals surface area (Å²) in [7, 11) is 1.98. The Kier molecular flexibility index (Phi) is 11.1. The van der Waals surface area contributed by atoms with Crippen LogP contribution in [0.2, 0.25) is 0 Å². The van der Waals surface area contributed by atoms with Crippen LogP contribution in [0.15, 0.2) is 64.9 Å². The maximum Gasteiger partial charge on any atom is 0.0994 e. The van der Waals surface area contributed by atoms with Crippen molar-refractivity contribution in [3.8, 4) is 6.07 Å². The normalized spacial score (nSPS) is 11.9. The van der Waals surface area contributed by atoms with E-state index in [4.69, 9.17) is 0 Å². The van der Waals surface area contributed by atoms with E-state index in [0.717, 1.165) is 53.6 Å². The second-order valence-corrected chi connectivity index (χ2v) is 9.29. The van der Waals surface area contributed by atoms with Crippen molar-refractivity contribution in [1.29, 1.82) is 5.26 Å². The van der Waals surface area contributed by atoms with Crippen molar-refractivity contribution in [2.45, 2.75) is 46.6 Å². The summed E-state index contributed by atoms with van der Waals surface area (Å²) in [5.41, 5.74) is 7.36. The quantitative estimate of drug-likeness (QED) is 0.281. The molecular weight excluding hydrogens is 432 g/mol.